The average molecular weight is 265 g/mol. The summed E-state index contributed by atoms with van der Waals surface area (Å²) in [7, 11) is 0. The van der Waals surface area contributed by atoms with Crippen LogP contribution in [0.25, 0.3) is 11.3 Å². The van der Waals surface area contributed by atoms with E-state index < -0.39 is 0 Å². The van der Waals surface area contributed by atoms with Crippen LogP contribution in [0.4, 0.5) is 0 Å². The van der Waals surface area contributed by atoms with Gasteiger partial charge in [-0.3, -0.25) is 9.67 Å². The topological polar surface area (TPSA) is 50.9 Å². The van der Waals surface area contributed by atoms with Crippen molar-refractivity contribution in [2.45, 2.75) is 13.2 Å². The third kappa shape index (κ3) is 2.60. The molecule has 0 atom stereocenters. The maximum Gasteiger partial charge on any atom is 0.0993 e. The highest BCUT2D eigenvalue weighted by Gasteiger charge is 2.10. The average Bonchev–Trinajstić information content (AvgIpc) is 2.92. The standard InChI is InChI=1S/C16H15N3O/c20-12-15-11-19(10-13-5-2-1-3-6-13)18-16(15)14-7-4-8-17-9-14/h1-9,11,20H,10,12H2. The highest BCUT2D eigenvalue weighted by Crippen LogP contribution is 2.21. The van der Waals surface area contributed by atoms with Crippen LogP contribution in [0.1, 0.15) is 11.1 Å². The van der Waals surface area contributed by atoms with Gasteiger partial charge in [-0.1, -0.05) is 30.3 Å². The SMILES string of the molecule is OCc1cn(Cc2ccccc2)nc1-c1cccnc1. The molecule has 0 saturated heterocycles. The zero-order valence-electron chi connectivity index (χ0n) is 11.0. The molecule has 4 nitrogen and oxygen atoms in total. The van der Waals surface area contributed by atoms with Crippen molar-refractivity contribution in [2.75, 3.05) is 0 Å². The second-order valence-electron chi connectivity index (χ2n) is 4.59. The van der Waals surface area contributed by atoms with E-state index in [1.54, 1.807) is 12.4 Å². The summed E-state index contributed by atoms with van der Waals surface area (Å²) in [6.45, 7) is 0.660. The molecule has 3 aromatic rings. The molecule has 0 spiro atoms. The third-order valence-electron chi connectivity index (χ3n) is 3.13. The first-order valence-corrected chi connectivity index (χ1v) is 6.48. The summed E-state index contributed by atoms with van der Waals surface area (Å²) in [5.74, 6) is 0. The zero-order valence-corrected chi connectivity index (χ0v) is 11.0. The van der Waals surface area contributed by atoms with Crippen molar-refractivity contribution in [1.29, 1.82) is 0 Å². The van der Waals surface area contributed by atoms with Crippen LogP contribution >= 0.6 is 0 Å². The molecule has 1 aromatic carbocycles. The molecule has 0 aliphatic rings. The molecule has 0 radical (unpaired) electrons. The molecule has 0 saturated carbocycles. The lowest BCUT2D eigenvalue weighted by atomic mass is 10.1. The molecule has 3 rings (SSSR count). The van der Waals surface area contributed by atoms with Gasteiger partial charge < -0.3 is 5.11 Å². The summed E-state index contributed by atoms with van der Waals surface area (Å²) in [4.78, 5) is 4.10. The third-order valence-corrected chi connectivity index (χ3v) is 3.13. The number of hydrogen-bond donors (Lipinski definition) is 1. The van der Waals surface area contributed by atoms with Crippen molar-refractivity contribution < 1.29 is 5.11 Å². The van der Waals surface area contributed by atoms with E-state index in [-0.39, 0.29) is 6.61 Å². The fourth-order valence-corrected chi connectivity index (χ4v) is 2.18. The van der Waals surface area contributed by atoms with Crippen molar-refractivity contribution in [3.8, 4) is 11.3 Å². The molecule has 4 heteroatoms. The van der Waals surface area contributed by atoms with E-state index in [0.717, 1.165) is 16.8 Å². The summed E-state index contributed by atoms with van der Waals surface area (Å²) in [5.41, 5.74) is 3.70. The van der Waals surface area contributed by atoms with Gasteiger partial charge >= 0.3 is 0 Å². The maximum absolute atomic E-state index is 9.49. The van der Waals surface area contributed by atoms with E-state index in [2.05, 4.69) is 22.2 Å². The number of rotatable bonds is 4. The molecule has 0 amide bonds. The quantitative estimate of drug-likeness (QED) is 0.788. The lowest BCUT2D eigenvalue weighted by Crippen LogP contribution is -2.00. The maximum atomic E-state index is 9.49. The monoisotopic (exact) mass is 265 g/mol. The largest absolute Gasteiger partial charge is 0.392 e. The minimum absolute atomic E-state index is 0.0288. The van der Waals surface area contributed by atoms with Crippen molar-refractivity contribution in [3.63, 3.8) is 0 Å². The van der Waals surface area contributed by atoms with Gasteiger partial charge in [-0.25, -0.2) is 0 Å². The molecular weight excluding hydrogens is 250 g/mol. The normalized spacial score (nSPS) is 10.7. The van der Waals surface area contributed by atoms with E-state index in [1.165, 1.54) is 5.56 Å². The molecular formula is C16H15N3O. The second kappa shape index (κ2) is 5.67. The Labute approximate surface area is 117 Å². The summed E-state index contributed by atoms with van der Waals surface area (Å²) in [6, 6.07) is 13.9. The number of aliphatic hydroxyl groups is 1. The summed E-state index contributed by atoms with van der Waals surface area (Å²) >= 11 is 0. The van der Waals surface area contributed by atoms with E-state index in [4.69, 9.17) is 0 Å². The molecule has 0 bridgehead atoms. The van der Waals surface area contributed by atoms with Crippen molar-refractivity contribution >= 4 is 0 Å². The number of nitrogens with zero attached hydrogens (tertiary/aromatic N) is 3. The van der Waals surface area contributed by atoms with Crippen LogP contribution in [-0.2, 0) is 13.2 Å². The number of pyridine rings is 1. The molecule has 20 heavy (non-hydrogen) atoms. The Morgan fingerprint density at radius 2 is 1.90 bits per heavy atom. The summed E-state index contributed by atoms with van der Waals surface area (Å²) in [6.07, 6.45) is 5.37. The smallest absolute Gasteiger partial charge is 0.0993 e. The minimum atomic E-state index is -0.0288. The van der Waals surface area contributed by atoms with Crippen LogP contribution < -0.4 is 0 Å². The minimum Gasteiger partial charge on any atom is -0.392 e. The second-order valence-corrected chi connectivity index (χ2v) is 4.59. The number of aromatic nitrogens is 3. The van der Waals surface area contributed by atoms with Gasteiger partial charge in [0.1, 0.15) is 0 Å². The Morgan fingerprint density at radius 1 is 1.05 bits per heavy atom. The van der Waals surface area contributed by atoms with Crippen LogP contribution in [0.5, 0.6) is 0 Å². The first kappa shape index (κ1) is 12.6. The van der Waals surface area contributed by atoms with Gasteiger partial charge in [-0.15, -0.1) is 0 Å². The molecule has 0 unspecified atom stereocenters. The predicted molar refractivity (Wildman–Crippen MR) is 76.9 cm³/mol. The molecule has 2 heterocycles. The Balaban J connectivity index is 1.93. The summed E-state index contributed by atoms with van der Waals surface area (Å²) < 4.78 is 1.85. The fourth-order valence-electron chi connectivity index (χ4n) is 2.18. The lowest BCUT2D eigenvalue weighted by molar-refractivity contribution is 0.282. The highest BCUT2D eigenvalue weighted by molar-refractivity contribution is 5.61. The summed E-state index contributed by atoms with van der Waals surface area (Å²) in [5, 5.41) is 14.0. The van der Waals surface area contributed by atoms with Crippen LogP contribution in [0, 0.1) is 0 Å². The first-order chi connectivity index (χ1) is 9.86. The Bertz CT molecular complexity index is 677. The number of hydrogen-bond acceptors (Lipinski definition) is 3. The number of benzene rings is 1. The van der Waals surface area contributed by atoms with E-state index in [0.29, 0.717) is 6.54 Å². The van der Waals surface area contributed by atoms with Gasteiger partial charge in [-0.2, -0.15) is 5.10 Å². The van der Waals surface area contributed by atoms with Crippen LogP contribution in [0.2, 0.25) is 0 Å². The van der Waals surface area contributed by atoms with Crippen LogP contribution in [0.3, 0.4) is 0 Å². The number of aliphatic hydroxyl groups excluding tert-OH is 1. The van der Waals surface area contributed by atoms with Gasteiger partial charge in [0.15, 0.2) is 0 Å². The lowest BCUT2D eigenvalue weighted by Gasteiger charge is -2.01. The first-order valence-electron chi connectivity index (χ1n) is 6.48. The molecule has 0 aliphatic carbocycles. The van der Waals surface area contributed by atoms with Crippen molar-refractivity contribution in [3.05, 3.63) is 72.2 Å². The van der Waals surface area contributed by atoms with Crippen LogP contribution in [0.15, 0.2) is 61.1 Å². The predicted octanol–water partition coefficient (Wildman–Crippen LogP) is 2.49. The van der Waals surface area contributed by atoms with Gasteiger partial charge in [0.2, 0.25) is 0 Å². The van der Waals surface area contributed by atoms with Crippen molar-refractivity contribution in [1.82, 2.24) is 14.8 Å². The van der Waals surface area contributed by atoms with Crippen molar-refractivity contribution in [2.24, 2.45) is 0 Å². The van der Waals surface area contributed by atoms with E-state index in [9.17, 15) is 5.11 Å². The van der Waals surface area contributed by atoms with Crippen LogP contribution in [-0.4, -0.2) is 19.9 Å². The molecule has 0 fully saturated rings. The molecule has 0 aliphatic heterocycles. The molecule has 2 aromatic heterocycles. The van der Waals surface area contributed by atoms with Gasteiger partial charge in [0.05, 0.1) is 18.8 Å². The van der Waals surface area contributed by atoms with E-state index in [1.807, 2.05) is 41.2 Å². The fraction of sp³-hybridized carbons (Fsp3) is 0.125. The Kier molecular flexibility index (Phi) is 3.56. The highest BCUT2D eigenvalue weighted by atomic mass is 16.3. The van der Waals surface area contributed by atoms with Gasteiger partial charge in [0, 0.05) is 29.7 Å². The Hall–Kier alpha value is -2.46. The van der Waals surface area contributed by atoms with E-state index >= 15 is 0 Å². The molecule has 100 valence electrons. The Morgan fingerprint density at radius 3 is 2.60 bits per heavy atom. The van der Waals surface area contributed by atoms with Gasteiger partial charge in [-0.05, 0) is 17.7 Å². The van der Waals surface area contributed by atoms with Gasteiger partial charge in [0.25, 0.3) is 0 Å². The zero-order chi connectivity index (χ0) is 13.8. The molecule has 1 N–H and O–H groups in total.